The smallest absolute Gasteiger partial charge is 0.251 e. The fourth-order valence-electron chi connectivity index (χ4n) is 2.80. The minimum atomic E-state index is -3.61. The Hall–Kier alpha value is -3.03. The summed E-state index contributed by atoms with van der Waals surface area (Å²) < 4.78 is 27.8. The SMILES string of the molecule is Cc1ccc(C)c(S(=O)(=O)NCc2ccc(C(=O)NCc3ccccn3)cc2)c1. The molecule has 0 bridgehead atoms. The van der Waals surface area contributed by atoms with Gasteiger partial charge in [0, 0.05) is 18.3 Å². The molecule has 7 heteroatoms. The maximum absolute atomic E-state index is 12.6. The molecule has 1 heterocycles. The van der Waals surface area contributed by atoms with Crippen LogP contribution in [0.5, 0.6) is 0 Å². The number of carbonyl (C=O) groups is 1. The van der Waals surface area contributed by atoms with Gasteiger partial charge in [0.05, 0.1) is 17.1 Å². The first-order valence-electron chi connectivity index (χ1n) is 9.19. The molecule has 0 aliphatic heterocycles. The Morgan fingerprint density at radius 1 is 0.966 bits per heavy atom. The number of sulfonamides is 1. The first-order chi connectivity index (χ1) is 13.8. The van der Waals surface area contributed by atoms with Crippen molar-refractivity contribution in [2.24, 2.45) is 0 Å². The van der Waals surface area contributed by atoms with Crippen molar-refractivity contribution in [3.05, 3.63) is 94.8 Å². The van der Waals surface area contributed by atoms with Crippen molar-refractivity contribution >= 4 is 15.9 Å². The van der Waals surface area contributed by atoms with Crippen molar-refractivity contribution in [2.45, 2.75) is 31.8 Å². The third kappa shape index (κ3) is 5.49. The summed E-state index contributed by atoms with van der Waals surface area (Å²) in [5.74, 6) is -0.210. The summed E-state index contributed by atoms with van der Waals surface area (Å²) in [5.41, 5.74) is 3.63. The van der Waals surface area contributed by atoms with E-state index in [1.807, 2.05) is 31.2 Å². The molecule has 1 amide bonds. The van der Waals surface area contributed by atoms with E-state index in [-0.39, 0.29) is 17.3 Å². The molecule has 2 aromatic carbocycles. The van der Waals surface area contributed by atoms with Gasteiger partial charge in [-0.2, -0.15) is 0 Å². The van der Waals surface area contributed by atoms with Crippen molar-refractivity contribution in [3.8, 4) is 0 Å². The average molecular weight is 410 g/mol. The fraction of sp³-hybridized carbons (Fsp3) is 0.182. The van der Waals surface area contributed by atoms with E-state index in [2.05, 4.69) is 15.0 Å². The van der Waals surface area contributed by atoms with Crippen molar-refractivity contribution in [1.29, 1.82) is 0 Å². The first-order valence-corrected chi connectivity index (χ1v) is 10.7. The summed E-state index contributed by atoms with van der Waals surface area (Å²) in [6.45, 7) is 4.12. The molecular weight excluding hydrogens is 386 g/mol. The molecule has 150 valence electrons. The Bertz CT molecular complexity index is 1100. The number of nitrogens with one attached hydrogen (secondary N) is 2. The third-order valence-electron chi connectivity index (χ3n) is 4.47. The van der Waals surface area contributed by atoms with Gasteiger partial charge in [0.2, 0.25) is 10.0 Å². The van der Waals surface area contributed by atoms with Gasteiger partial charge in [0.25, 0.3) is 5.91 Å². The van der Waals surface area contributed by atoms with Crippen LogP contribution in [-0.4, -0.2) is 19.3 Å². The molecule has 29 heavy (non-hydrogen) atoms. The minimum Gasteiger partial charge on any atom is -0.346 e. The zero-order valence-electron chi connectivity index (χ0n) is 16.3. The van der Waals surface area contributed by atoms with Gasteiger partial charge >= 0.3 is 0 Å². The Morgan fingerprint density at radius 2 is 1.72 bits per heavy atom. The molecule has 0 aliphatic rings. The topological polar surface area (TPSA) is 88.2 Å². The maximum Gasteiger partial charge on any atom is 0.251 e. The number of hydrogen-bond acceptors (Lipinski definition) is 4. The van der Waals surface area contributed by atoms with Gasteiger partial charge in [0.1, 0.15) is 0 Å². The highest BCUT2D eigenvalue weighted by Crippen LogP contribution is 2.17. The van der Waals surface area contributed by atoms with Gasteiger partial charge in [-0.1, -0.05) is 30.3 Å². The van der Waals surface area contributed by atoms with Crippen molar-refractivity contribution in [1.82, 2.24) is 15.0 Å². The van der Waals surface area contributed by atoms with Crippen LogP contribution in [0, 0.1) is 13.8 Å². The van der Waals surface area contributed by atoms with Crippen molar-refractivity contribution in [3.63, 3.8) is 0 Å². The fourth-order valence-corrected chi connectivity index (χ4v) is 4.15. The van der Waals surface area contributed by atoms with Gasteiger partial charge in [0.15, 0.2) is 0 Å². The highest BCUT2D eigenvalue weighted by Gasteiger charge is 2.16. The van der Waals surface area contributed by atoms with E-state index < -0.39 is 10.0 Å². The van der Waals surface area contributed by atoms with E-state index in [1.54, 1.807) is 49.5 Å². The summed E-state index contributed by atoms with van der Waals surface area (Å²) in [6.07, 6.45) is 1.68. The number of hydrogen-bond donors (Lipinski definition) is 2. The number of aromatic nitrogens is 1. The van der Waals surface area contributed by atoms with Crippen LogP contribution in [0.25, 0.3) is 0 Å². The maximum atomic E-state index is 12.6. The number of benzene rings is 2. The van der Waals surface area contributed by atoms with Crippen LogP contribution in [0.3, 0.4) is 0 Å². The molecule has 0 atom stereocenters. The lowest BCUT2D eigenvalue weighted by molar-refractivity contribution is 0.0950. The monoisotopic (exact) mass is 409 g/mol. The molecule has 2 N–H and O–H groups in total. The summed E-state index contributed by atoms with van der Waals surface area (Å²) in [6, 6.07) is 17.7. The highest BCUT2D eigenvalue weighted by atomic mass is 32.2. The molecule has 0 aliphatic carbocycles. The van der Waals surface area contributed by atoms with Crippen LogP contribution in [-0.2, 0) is 23.1 Å². The van der Waals surface area contributed by atoms with Crippen LogP contribution in [0.1, 0.15) is 32.7 Å². The van der Waals surface area contributed by atoms with E-state index in [4.69, 9.17) is 0 Å². The Balaban J connectivity index is 1.60. The zero-order chi connectivity index (χ0) is 20.9. The van der Waals surface area contributed by atoms with Crippen LogP contribution in [0.4, 0.5) is 0 Å². The van der Waals surface area contributed by atoms with Crippen LogP contribution >= 0.6 is 0 Å². The number of aryl methyl sites for hydroxylation is 2. The van der Waals surface area contributed by atoms with Gasteiger partial charge in [-0.3, -0.25) is 9.78 Å². The number of nitrogens with zero attached hydrogens (tertiary/aromatic N) is 1. The molecule has 0 spiro atoms. The third-order valence-corrected chi connectivity index (χ3v) is 6.02. The largest absolute Gasteiger partial charge is 0.346 e. The molecule has 0 fully saturated rings. The second-order valence-electron chi connectivity index (χ2n) is 6.79. The summed E-state index contributed by atoms with van der Waals surface area (Å²) in [7, 11) is -3.61. The van der Waals surface area contributed by atoms with Gasteiger partial charge in [-0.25, -0.2) is 13.1 Å². The molecule has 6 nitrogen and oxygen atoms in total. The summed E-state index contributed by atoms with van der Waals surface area (Å²) >= 11 is 0. The molecule has 3 rings (SSSR count). The first kappa shape index (κ1) is 20.7. The molecule has 0 saturated carbocycles. The van der Waals surface area contributed by atoms with Gasteiger partial charge in [-0.05, 0) is 60.9 Å². The van der Waals surface area contributed by atoms with Crippen LogP contribution in [0.2, 0.25) is 0 Å². The lowest BCUT2D eigenvalue weighted by Crippen LogP contribution is -2.25. The lowest BCUT2D eigenvalue weighted by atomic mass is 10.1. The quantitative estimate of drug-likeness (QED) is 0.628. The van der Waals surface area contributed by atoms with E-state index in [0.29, 0.717) is 17.7 Å². The predicted molar refractivity (Wildman–Crippen MR) is 112 cm³/mol. The summed E-state index contributed by atoms with van der Waals surface area (Å²) in [4.78, 5) is 16.7. The van der Waals surface area contributed by atoms with Gasteiger partial charge < -0.3 is 5.32 Å². The molecule has 0 unspecified atom stereocenters. The standard InChI is InChI=1S/C22H23N3O3S/c1-16-6-7-17(2)21(13-16)29(27,28)25-14-18-8-10-19(11-9-18)22(26)24-15-20-5-3-4-12-23-20/h3-13,25H,14-15H2,1-2H3,(H,24,26). The molecule has 3 aromatic rings. The van der Waals surface area contributed by atoms with E-state index in [1.165, 1.54) is 0 Å². The minimum absolute atomic E-state index is 0.144. The van der Waals surface area contributed by atoms with E-state index >= 15 is 0 Å². The highest BCUT2D eigenvalue weighted by molar-refractivity contribution is 7.89. The average Bonchev–Trinajstić information content (AvgIpc) is 2.73. The van der Waals surface area contributed by atoms with E-state index in [9.17, 15) is 13.2 Å². The molecule has 1 aromatic heterocycles. The van der Waals surface area contributed by atoms with Gasteiger partial charge in [-0.15, -0.1) is 0 Å². The molecule has 0 radical (unpaired) electrons. The molecule has 0 saturated heterocycles. The summed E-state index contributed by atoms with van der Waals surface area (Å²) in [5, 5.41) is 2.81. The zero-order valence-corrected chi connectivity index (χ0v) is 17.2. The number of pyridine rings is 1. The van der Waals surface area contributed by atoms with Crippen molar-refractivity contribution < 1.29 is 13.2 Å². The van der Waals surface area contributed by atoms with Crippen LogP contribution in [0.15, 0.2) is 71.8 Å². The second-order valence-corrected chi connectivity index (χ2v) is 8.53. The predicted octanol–water partition coefficient (Wildman–Crippen LogP) is 3.11. The normalized spacial score (nSPS) is 11.2. The van der Waals surface area contributed by atoms with Crippen molar-refractivity contribution in [2.75, 3.05) is 0 Å². The Labute approximate surface area is 171 Å². The second kappa shape index (κ2) is 8.98. The Kier molecular flexibility index (Phi) is 6.41. The number of amides is 1. The Morgan fingerprint density at radius 3 is 2.41 bits per heavy atom. The van der Waals surface area contributed by atoms with E-state index in [0.717, 1.165) is 16.8 Å². The number of rotatable bonds is 7. The lowest BCUT2D eigenvalue weighted by Gasteiger charge is -2.11. The number of carbonyl (C=O) groups excluding carboxylic acids is 1. The molecular formula is C22H23N3O3S. The van der Waals surface area contributed by atoms with Crippen LogP contribution < -0.4 is 10.0 Å².